The van der Waals surface area contributed by atoms with Gasteiger partial charge in [-0.1, -0.05) is 25.4 Å². The molecule has 1 heterocycles. The zero-order valence-electron chi connectivity index (χ0n) is 19.1. The predicted molar refractivity (Wildman–Crippen MR) is 120 cm³/mol. The van der Waals surface area contributed by atoms with Crippen LogP contribution in [-0.4, -0.2) is 26.3 Å². The van der Waals surface area contributed by atoms with E-state index < -0.39 is 5.60 Å². The van der Waals surface area contributed by atoms with Crippen LogP contribution >= 0.6 is 11.6 Å². The quantitative estimate of drug-likeness (QED) is 0.694. The van der Waals surface area contributed by atoms with Crippen LogP contribution in [0.15, 0.2) is 12.4 Å². The second kappa shape index (κ2) is 6.82. The molecule has 4 nitrogen and oxygen atoms in total. The Morgan fingerprint density at radius 3 is 2.68 bits per heavy atom. The smallest absolute Gasteiger partial charge is 0.158 e. The molecule has 6 rings (SSSR count). The monoisotopic (exact) mass is 444 g/mol. The van der Waals surface area contributed by atoms with Gasteiger partial charge in [-0.05, 0) is 105 Å². The molecule has 5 fully saturated rings. The largest absolute Gasteiger partial charge is 0.390 e. The Balaban J connectivity index is 1.26. The number of carbonyl (C=O) groups is 1. The standard InChI is InChI=1S/C26H37ClN2O2/c1-14-21-22(14)24(20(30)13-29-12-16(27)11-28-29)26(3)9-7-18-17-6-8-25(2,31)10-15(17)4-5-19(18)23(21)26/h11-12,14-15,17-19,21-24,31H,4-10,13H2,1-3H3/t14-,15+,17-,18+,19+,21+,22-,23+,24-,25+,26-/m0/s1. The lowest BCUT2D eigenvalue weighted by molar-refractivity contribution is -0.137. The lowest BCUT2D eigenvalue weighted by Crippen LogP contribution is -2.52. The molecule has 1 aromatic rings. The molecule has 170 valence electrons. The summed E-state index contributed by atoms with van der Waals surface area (Å²) in [5.74, 6) is 6.42. The number of aromatic nitrogens is 2. The third kappa shape index (κ3) is 3.03. The molecule has 0 saturated heterocycles. The van der Waals surface area contributed by atoms with Crippen molar-refractivity contribution in [1.82, 2.24) is 9.78 Å². The van der Waals surface area contributed by atoms with E-state index in [1.54, 1.807) is 17.1 Å². The maximum atomic E-state index is 13.6. The van der Waals surface area contributed by atoms with Gasteiger partial charge in [0.15, 0.2) is 5.78 Å². The van der Waals surface area contributed by atoms with Crippen LogP contribution in [0.3, 0.4) is 0 Å². The van der Waals surface area contributed by atoms with Crippen LogP contribution in [0.5, 0.6) is 0 Å². The van der Waals surface area contributed by atoms with E-state index in [1.165, 1.54) is 32.1 Å². The van der Waals surface area contributed by atoms with Crippen molar-refractivity contribution < 1.29 is 9.90 Å². The maximum Gasteiger partial charge on any atom is 0.158 e. The molecule has 5 saturated carbocycles. The fourth-order valence-electron chi connectivity index (χ4n) is 9.77. The van der Waals surface area contributed by atoms with Crippen molar-refractivity contribution in [2.24, 2.45) is 58.7 Å². The van der Waals surface area contributed by atoms with Gasteiger partial charge in [0.05, 0.1) is 23.4 Å². The van der Waals surface area contributed by atoms with E-state index in [0.717, 1.165) is 36.5 Å². The van der Waals surface area contributed by atoms with Crippen molar-refractivity contribution in [2.75, 3.05) is 0 Å². The molecule has 5 aliphatic carbocycles. The van der Waals surface area contributed by atoms with Gasteiger partial charge in [0, 0.05) is 12.1 Å². The molecule has 0 amide bonds. The van der Waals surface area contributed by atoms with Crippen LogP contribution in [0.2, 0.25) is 5.02 Å². The summed E-state index contributed by atoms with van der Waals surface area (Å²) in [5.41, 5.74) is -0.294. The summed E-state index contributed by atoms with van der Waals surface area (Å²) < 4.78 is 1.73. The SMILES string of the molecule is C[C@H]1[C@@H]2[C@H]1[C@H](C(=O)Cn1cc(Cl)cn1)[C@@]1(C)CC[C@H]3[C@@H](CC[C@@H]4C[C@](C)(O)CC[C@@H]43)[C@H]21. The van der Waals surface area contributed by atoms with Crippen LogP contribution in [0, 0.1) is 58.7 Å². The first-order valence-electron chi connectivity index (χ1n) is 12.6. The summed E-state index contributed by atoms with van der Waals surface area (Å²) in [6.45, 7) is 7.27. The maximum absolute atomic E-state index is 13.6. The average Bonchev–Trinajstić information content (AvgIpc) is 3.03. The second-order valence-corrected chi connectivity index (χ2v) is 12.9. The van der Waals surface area contributed by atoms with Crippen LogP contribution < -0.4 is 0 Å². The third-order valence-electron chi connectivity index (χ3n) is 10.8. The number of aliphatic hydroxyl groups is 1. The van der Waals surface area contributed by atoms with Crippen molar-refractivity contribution in [3.05, 3.63) is 17.4 Å². The summed E-state index contributed by atoms with van der Waals surface area (Å²) in [5, 5.41) is 15.5. The van der Waals surface area contributed by atoms with E-state index in [-0.39, 0.29) is 11.3 Å². The lowest BCUT2D eigenvalue weighted by atomic mass is 9.47. The Morgan fingerprint density at radius 2 is 1.94 bits per heavy atom. The number of ketones is 1. The highest BCUT2D eigenvalue weighted by molar-refractivity contribution is 6.30. The minimum atomic E-state index is -0.451. The number of nitrogens with zero attached hydrogens (tertiary/aromatic N) is 2. The minimum Gasteiger partial charge on any atom is -0.390 e. The first-order valence-corrected chi connectivity index (χ1v) is 13.0. The van der Waals surface area contributed by atoms with Crippen molar-refractivity contribution in [1.29, 1.82) is 0 Å². The van der Waals surface area contributed by atoms with E-state index >= 15 is 0 Å². The zero-order chi connectivity index (χ0) is 21.7. The molecule has 0 unspecified atom stereocenters. The Kier molecular flexibility index (Phi) is 4.56. The van der Waals surface area contributed by atoms with E-state index in [4.69, 9.17) is 11.6 Å². The van der Waals surface area contributed by atoms with Crippen molar-refractivity contribution in [3.63, 3.8) is 0 Å². The van der Waals surface area contributed by atoms with Crippen LogP contribution in [-0.2, 0) is 11.3 Å². The highest BCUT2D eigenvalue weighted by Crippen LogP contribution is 2.76. The molecule has 31 heavy (non-hydrogen) atoms. The Morgan fingerprint density at radius 1 is 1.16 bits per heavy atom. The average molecular weight is 445 g/mol. The number of rotatable bonds is 3. The van der Waals surface area contributed by atoms with E-state index in [2.05, 4.69) is 18.9 Å². The fraction of sp³-hybridized carbons (Fsp3) is 0.846. The molecule has 11 atom stereocenters. The highest BCUT2D eigenvalue weighted by atomic mass is 35.5. The summed E-state index contributed by atoms with van der Waals surface area (Å²) in [6.07, 6.45) is 11.7. The molecule has 1 aromatic heterocycles. The number of Topliss-reactive ketones (excluding diaryl/α,β-unsaturated/α-hetero) is 1. The van der Waals surface area contributed by atoms with E-state index in [0.29, 0.717) is 41.0 Å². The van der Waals surface area contributed by atoms with Crippen LogP contribution in [0.1, 0.15) is 65.7 Å². The molecule has 0 aliphatic heterocycles. The molecule has 0 bridgehead atoms. The van der Waals surface area contributed by atoms with E-state index in [9.17, 15) is 9.90 Å². The summed E-state index contributed by atoms with van der Waals surface area (Å²) in [7, 11) is 0. The molecule has 1 N–H and O–H groups in total. The summed E-state index contributed by atoms with van der Waals surface area (Å²) >= 11 is 6.04. The zero-order valence-corrected chi connectivity index (χ0v) is 19.9. The Hall–Kier alpha value is -0.870. The number of halogens is 1. The molecule has 5 heteroatoms. The third-order valence-corrected chi connectivity index (χ3v) is 11.0. The van der Waals surface area contributed by atoms with Gasteiger partial charge in [-0.15, -0.1) is 0 Å². The van der Waals surface area contributed by atoms with Gasteiger partial charge in [-0.3, -0.25) is 9.48 Å². The number of carbonyl (C=O) groups excluding carboxylic acids is 1. The molecule has 5 aliphatic rings. The second-order valence-electron chi connectivity index (χ2n) is 12.5. The van der Waals surface area contributed by atoms with Gasteiger partial charge < -0.3 is 5.11 Å². The molecular formula is C26H37ClN2O2. The van der Waals surface area contributed by atoms with Gasteiger partial charge in [0.25, 0.3) is 0 Å². The first kappa shape index (κ1) is 20.7. The Labute approximate surface area is 191 Å². The molecular weight excluding hydrogens is 408 g/mol. The Bertz CT molecular complexity index is 896. The topological polar surface area (TPSA) is 55.1 Å². The molecule has 0 spiro atoms. The molecule has 0 aromatic carbocycles. The minimum absolute atomic E-state index is 0.157. The van der Waals surface area contributed by atoms with Gasteiger partial charge in [0.1, 0.15) is 0 Å². The fourth-order valence-corrected chi connectivity index (χ4v) is 9.92. The summed E-state index contributed by atoms with van der Waals surface area (Å²) in [4.78, 5) is 13.6. The van der Waals surface area contributed by atoms with Gasteiger partial charge in [-0.2, -0.15) is 5.10 Å². The van der Waals surface area contributed by atoms with Crippen molar-refractivity contribution >= 4 is 17.4 Å². The number of hydrogen-bond donors (Lipinski definition) is 1. The highest BCUT2D eigenvalue weighted by Gasteiger charge is 2.73. The predicted octanol–water partition coefficient (Wildman–Crippen LogP) is 5.23. The number of hydrogen-bond acceptors (Lipinski definition) is 3. The van der Waals surface area contributed by atoms with Crippen LogP contribution in [0.4, 0.5) is 0 Å². The van der Waals surface area contributed by atoms with E-state index in [1.807, 2.05) is 6.92 Å². The van der Waals surface area contributed by atoms with Gasteiger partial charge in [-0.25, -0.2) is 0 Å². The first-order chi connectivity index (χ1) is 14.7. The van der Waals surface area contributed by atoms with Crippen molar-refractivity contribution in [2.45, 2.75) is 77.9 Å². The molecule has 0 radical (unpaired) electrons. The van der Waals surface area contributed by atoms with Gasteiger partial charge in [0.2, 0.25) is 0 Å². The normalized spacial score (nSPS) is 52.6. The summed E-state index contributed by atoms with van der Waals surface area (Å²) in [6, 6.07) is 0. The lowest BCUT2D eigenvalue weighted by Gasteiger charge is -2.58. The van der Waals surface area contributed by atoms with Crippen LogP contribution in [0.25, 0.3) is 0 Å². The van der Waals surface area contributed by atoms with Gasteiger partial charge >= 0.3 is 0 Å². The number of fused-ring (bicyclic) bond motifs is 7. The van der Waals surface area contributed by atoms with Crippen molar-refractivity contribution in [3.8, 4) is 0 Å².